The maximum atomic E-state index is 9.82. The summed E-state index contributed by atoms with van der Waals surface area (Å²) in [5.74, 6) is 1.17. The lowest BCUT2D eigenvalue weighted by molar-refractivity contribution is 0.131. The van der Waals surface area contributed by atoms with Crippen LogP contribution >= 0.6 is 0 Å². The van der Waals surface area contributed by atoms with E-state index in [1.165, 1.54) is 12.0 Å². The minimum absolute atomic E-state index is 0.0785. The molecule has 3 unspecified atom stereocenters. The monoisotopic (exact) mass is 190 g/mol. The van der Waals surface area contributed by atoms with Crippen LogP contribution in [-0.4, -0.2) is 11.2 Å². The van der Waals surface area contributed by atoms with Crippen LogP contribution in [0, 0.1) is 11.8 Å². The summed E-state index contributed by atoms with van der Waals surface area (Å²) < 4.78 is 0. The normalized spacial score (nSPS) is 32.0. The molecule has 0 saturated heterocycles. The van der Waals surface area contributed by atoms with Crippen molar-refractivity contribution in [2.45, 2.75) is 32.3 Å². The van der Waals surface area contributed by atoms with E-state index in [0.29, 0.717) is 11.8 Å². The van der Waals surface area contributed by atoms with Gasteiger partial charge in [-0.2, -0.15) is 0 Å². The molecule has 1 aromatic carbocycles. The molecule has 0 heterocycles. The van der Waals surface area contributed by atoms with Crippen LogP contribution in [0.1, 0.15) is 25.3 Å². The first kappa shape index (κ1) is 9.72. The summed E-state index contributed by atoms with van der Waals surface area (Å²) in [6, 6.07) is 10.5. The molecule has 0 spiro atoms. The van der Waals surface area contributed by atoms with Crippen LogP contribution in [0.4, 0.5) is 0 Å². The van der Waals surface area contributed by atoms with Crippen molar-refractivity contribution in [1.82, 2.24) is 0 Å². The summed E-state index contributed by atoms with van der Waals surface area (Å²) in [6.07, 6.45) is 3.12. The van der Waals surface area contributed by atoms with Gasteiger partial charge >= 0.3 is 0 Å². The number of aliphatic hydroxyl groups excluding tert-OH is 1. The van der Waals surface area contributed by atoms with E-state index in [-0.39, 0.29) is 6.10 Å². The fourth-order valence-corrected chi connectivity index (χ4v) is 2.51. The Hall–Kier alpha value is -0.820. The van der Waals surface area contributed by atoms with Gasteiger partial charge in [-0.25, -0.2) is 0 Å². The van der Waals surface area contributed by atoms with Crippen molar-refractivity contribution in [3.8, 4) is 0 Å². The molecule has 2 rings (SSSR count). The highest BCUT2D eigenvalue weighted by molar-refractivity contribution is 5.15. The first-order chi connectivity index (χ1) is 6.75. The Balaban J connectivity index is 1.98. The second-order valence-corrected chi connectivity index (χ2v) is 4.59. The van der Waals surface area contributed by atoms with E-state index in [9.17, 15) is 5.11 Å². The molecule has 0 radical (unpaired) electrons. The molecule has 1 aliphatic rings. The lowest BCUT2D eigenvalue weighted by atomic mass is 9.96. The summed E-state index contributed by atoms with van der Waals surface area (Å²) in [7, 11) is 0. The van der Waals surface area contributed by atoms with Crippen molar-refractivity contribution in [1.29, 1.82) is 0 Å². The number of aliphatic hydroxyl groups is 1. The topological polar surface area (TPSA) is 20.2 Å². The lowest BCUT2D eigenvalue weighted by Crippen LogP contribution is -2.15. The fraction of sp³-hybridized carbons (Fsp3) is 0.538. The van der Waals surface area contributed by atoms with E-state index < -0.39 is 0 Å². The highest BCUT2D eigenvalue weighted by atomic mass is 16.3. The van der Waals surface area contributed by atoms with Crippen LogP contribution < -0.4 is 0 Å². The van der Waals surface area contributed by atoms with Gasteiger partial charge in [0.2, 0.25) is 0 Å². The second-order valence-electron chi connectivity index (χ2n) is 4.59. The van der Waals surface area contributed by atoms with E-state index in [1.54, 1.807) is 0 Å². The summed E-state index contributed by atoms with van der Waals surface area (Å²) in [5.41, 5.74) is 1.35. The molecule has 0 aliphatic heterocycles. The zero-order valence-electron chi connectivity index (χ0n) is 8.69. The van der Waals surface area contributed by atoms with E-state index in [4.69, 9.17) is 0 Å². The third-order valence-corrected chi connectivity index (χ3v) is 3.23. The average molecular weight is 190 g/mol. The first-order valence-electron chi connectivity index (χ1n) is 5.47. The molecule has 14 heavy (non-hydrogen) atoms. The van der Waals surface area contributed by atoms with Crippen LogP contribution in [0.3, 0.4) is 0 Å². The molecule has 1 N–H and O–H groups in total. The quantitative estimate of drug-likeness (QED) is 0.760. The highest BCUT2D eigenvalue weighted by Gasteiger charge is 2.29. The van der Waals surface area contributed by atoms with Gasteiger partial charge in [0, 0.05) is 0 Å². The van der Waals surface area contributed by atoms with Crippen molar-refractivity contribution in [3.63, 3.8) is 0 Å². The van der Waals surface area contributed by atoms with Crippen LogP contribution in [0.25, 0.3) is 0 Å². The minimum atomic E-state index is -0.0785. The Morgan fingerprint density at radius 3 is 2.50 bits per heavy atom. The number of hydrogen-bond donors (Lipinski definition) is 1. The number of benzene rings is 1. The molecule has 1 fully saturated rings. The molecule has 1 aliphatic carbocycles. The third kappa shape index (κ3) is 2.16. The molecule has 1 heteroatoms. The van der Waals surface area contributed by atoms with Crippen LogP contribution in [0.15, 0.2) is 30.3 Å². The van der Waals surface area contributed by atoms with E-state index in [2.05, 4.69) is 31.2 Å². The van der Waals surface area contributed by atoms with Crippen molar-refractivity contribution in [2.24, 2.45) is 11.8 Å². The molecule has 0 aromatic heterocycles. The molecule has 0 amide bonds. The Morgan fingerprint density at radius 2 is 1.93 bits per heavy atom. The molecule has 1 saturated carbocycles. The fourth-order valence-electron chi connectivity index (χ4n) is 2.51. The Morgan fingerprint density at radius 1 is 1.21 bits per heavy atom. The van der Waals surface area contributed by atoms with Crippen LogP contribution in [0.2, 0.25) is 0 Å². The van der Waals surface area contributed by atoms with Gasteiger partial charge in [-0.05, 0) is 36.7 Å². The molecule has 76 valence electrons. The molecule has 0 bridgehead atoms. The predicted molar refractivity (Wildman–Crippen MR) is 58.0 cm³/mol. The smallest absolute Gasteiger partial charge is 0.0574 e. The van der Waals surface area contributed by atoms with Crippen molar-refractivity contribution >= 4 is 0 Å². The molecule has 3 atom stereocenters. The Bertz CT molecular complexity index is 281. The zero-order valence-corrected chi connectivity index (χ0v) is 8.69. The van der Waals surface area contributed by atoms with Gasteiger partial charge in [-0.1, -0.05) is 37.3 Å². The Labute approximate surface area is 85.8 Å². The maximum absolute atomic E-state index is 9.82. The second kappa shape index (κ2) is 4.14. The minimum Gasteiger partial charge on any atom is -0.393 e. The summed E-state index contributed by atoms with van der Waals surface area (Å²) in [6.45, 7) is 2.23. The van der Waals surface area contributed by atoms with Crippen LogP contribution in [0.5, 0.6) is 0 Å². The van der Waals surface area contributed by atoms with Gasteiger partial charge < -0.3 is 5.11 Å². The molecular formula is C13H18O. The van der Waals surface area contributed by atoms with Gasteiger partial charge in [0.25, 0.3) is 0 Å². The molecule has 1 aromatic rings. The average Bonchev–Trinajstić information content (AvgIpc) is 2.47. The van der Waals surface area contributed by atoms with Gasteiger partial charge in [-0.3, -0.25) is 0 Å². The predicted octanol–water partition coefficient (Wildman–Crippen LogP) is 2.64. The van der Waals surface area contributed by atoms with Crippen LogP contribution in [-0.2, 0) is 6.42 Å². The third-order valence-electron chi connectivity index (χ3n) is 3.23. The van der Waals surface area contributed by atoms with Gasteiger partial charge in [0.1, 0.15) is 0 Å². The largest absolute Gasteiger partial charge is 0.393 e. The van der Waals surface area contributed by atoms with E-state index >= 15 is 0 Å². The summed E-state index contributed by atoms with van der Waals surface area (Å²) in [5, 5.41) is 9.82. The van der Waals surface area contributed by atoms with Crippen molar-refractivity contribution in [2.75, 3.05) is 0 Å². The number of hydrogen-bond acceptors (Lipinski definition) is 1. The lowest BCUT2D eigenvalue weighted by Gasteiger charge is -2.13. The summed E-state index contributed by atoms with van der Waals surface area (Å²) >= 11 is 0. The zero-order chi connectivity index (χ0) is 9.97. The van der Waals surface area contributed by atoms with Crippen molar-refractivity contribution in [3.05, 3.63) is 35.9 Å². The summed E-state index contributed by atoms with van der Waals surface area (Å²) in [4.78, 5) is 0. The molecular weight excluding hydrogens is 172 g/mol. The number of rotatable bonds is 2. The van der Waals surface area contributed by atoms with E-state index in [0.717, 1.165) is 12.8 Å². The highest BCUT2D eigenvalue weighted by Crippen LogP contribution is 2.33. The Kier molecular flexibility index (Phi) is 2.87. The maximum Gasteiger partial charge on any atom is 0.0574 e. The van der Waals surface area contributed by atoms with Crippen molar-refractivity contribution < 1.29 is 5.11 Å². The molecule has 1 nitrogen and oxygen atoms in total. The first-order valence-corrected chi connectivity index (χ1v) is 5.47. The van der Waals surface area contributed by atoms with Gasteiger partial charge in [-0.15, -0.1) is 0 Å². The van der Waals surface area contributed by atoms with E-state index in [1.807, 2.05) is 6.07 Å². The standard InChI is InChI=1S/C13H18O/c1-10-7-12(13(14)8-10)9-11-5-3-2-4-6-11/h2-6,10,12-14H,7-9H2,1H3. The van der Waals surface area contributed by atoms with Gasteiger partial charge in [0.05, 0.1) is 6.10 Å². The SMILES string of the molecule is CC1CC(O)C(Cc2ccccc2)C1. The van der Waals surface area contributed by atoms with Gasteiger partial charge in [0.15, 0.2) is 0 Å².